The second-order valence-electron chi connectivity index (χ2n) is 8.38. The predicted molar refractivity (Wildman–Crippen MR) is 123 cm³/mol. The van der Waals surface area contributed by atoms with Crippen LogP contribution in [0.15, 0.2) is 45.6 Å². The molecule has 3 aromatic rings. The van der Waals surface area contributed by atoms with Gasteiger partial charge in [0.25, 0.3) is 0 Å². The van der Waals surface area contributed by atoms with Crippen molar-refractivity contribution in [3.8, 4) is 34.3 Å². The molecule has 2 heterocycles. The number of carbonyl (C=O) groups excluding carboxylic acids is 1. The lowest BCUT2D eigenvalue weighted by molar-refractivity contribution is -0.278. The number of benzene rings is 2. The fourth-order valence-corrected chi connectivity index (χ4v) is 3.78. The van der Waals surface area contributed by atoms with Crippen LogP contribution in [0.3, 0.4) is 0 Å². The van der Waals surface area contributed by atoms with Gasteiger partial charge in [0, 0.05) is 23.8 Å². The predicted octanol–water partition coefficient (Wildman–Crippen LogP) is -0.219. The highest BCUT2D eigenvalue weighted by atomic mass is 16.7. The van der Waals surface area contributed by atoms with Gasteiger partial charge in [0.1, 0.15) is 65.7 Å². The van der Waals surface area contributed by atoms with Gasteiger partial charge in [-0.1, -0.05) is 0 Å². The Kier molecular flexibility index (Phi) is 7.41. The van der Waals surface area contributed by atoms with E-state index < -0.39 is 78.3 Å². The number of carboxylic acid groups (broad SMARTS) is 1. The van der Waals surface area contributed by atoms with E-state index in [9.17, 15) is 45.0 Å². The molecule has 5 unspecified atom stereocenters. The van der Waals surface area contributed by atoms with Crippen LogP contribution in [0.2, 0.25) is 0 Å². The van der Waals surface area contributed by atoms with Gasteiger partial charge in [0.2, 0.25) is 6.29 Å². The summed E-state index contributed by atoms with van der Waals surface area (Å²) in [5.41, 5.74) is -0.609. The quantitative estimate of drug-likeness (QED) is 0.118. The van der Waals surface area contributed by atoms with Gasteiger partial charge in [0.05, 0.1) is 0 Å². The van der Waals surface area contributed by atoms with Gasteiger partial charge in [-0.25, -0.2) is 0 Å². The maximum Gasteiger partial charge on any atom is 0.317 e. The lowest BCUT2D eigenvalue weighted by Gasteiger charge is -2.39. The van der Waals surface area contributed by atoms with Crippen molar-refractivity contribution in [1.29, 1.82) is 0 Å². The van der Waals surface area contributed by atoms with E-state index in [-0.39, 0.29) is 28.0 Å². The summed E-state index contributed by atoms with van der Waals surface area (Å²) < 4.78 is 21.4. The molecule has 14 nitrogen and oxygen atoms in total. The van der Waals surface area contributed by atoms with Gasteiger partial charge < -0.3 is 54.4 Å². The monoisotopic (exact) mass is 534 g/mol. The van der Waals surface area contributed by atoms with Crippen LogP contribution in [0.4, 0.5) is 0 Å². The number of carbonyl (C=O) groups is 2. The Hall–Kier alpha value is -4.37. The second kappa shape index (κ2) is 10.5. The summed E-state index contributed by atoms with van der Waals surface area (Å²) in [5.74, 6) is -4.21. The number of aliphatic hydroxyl groups is 3. The van der Waals surface area contributed by atoms with Crippen LogP contribution in [-0.2, 0) is 19.1 Å². The van der Waals surface area contributed by atoms with Crippen LogP contribution in [0, 0.1) is 0 Å². The number of fused-ring (bicyclic) bond motifs is 1. The summed E-state index contributed by atoms with van der Waals surface area (Å²) in [6.45, 7) is -0.692. The first kappa shape index (κ1) is 26.7. The molecular formula is C24H22O14. The molecule has 2 aromatic carbocycles. The number of esters is 1. The topological polar surface area (TPSA) is 234 Å². The molecule has 0 amide bonds. The standard InChI is InChI=1S/C24H22O14/c25-10-4-15-20(13(28)6-14(36-15)9-1-2-11(26)12(27)3-9)16(5-10)37-24-23(34)22(33)21(32)17(38-24)8-35-19(31)7-18(29)30/h1-6,17,21-27,32-34H,7-8H2,(H,29,30). The molecule has 0 aliphatic carbocycles. The molecule has 1 aromatic heterocycles. The summed E-state index contributed by atoms with van der Waals surface area (Å²) in [4.78, 5) is 35.1. The first-order chi connectivity index (χ1) is 17.9. The number of carboxylic acids is 1. The summed E-state index contributed by atoms with van der Waals surface area (Å²) in [6.07, 6.45) is -9.62. The Morgan fingerprint density at radius 2 is 1.66 bits per heavy atom. The first-order valence-corrected chi connectivity index (χ1v) is 11.0. The van der Waals surface area contributed by atoms with Gasteiger partial charge in [-0.15, -0.1) is 0 Å². The zero-order valence-electron chi connectivity index (χ0n) is 19.3. The number of aliphatic carboxylic acids is 1. The molecule has 38 heavy (non-hydrogen) atoms. The van der Waals surface area contributed by atoms with Crippen molar-refractivity contribution in [2.75, 3.05) is 6.61 Å². The average molecular weight is 534 g/mol. The lowest BCUT2D eigenvalue weighted by Crippen LogP contribution is -2.60. The Balaban J connectivity index is 1.63. The normalized spacial score (nSPS) is 23.2. The van der Waals surface area contributed by atoms with E-state index in [0.717, 1.165) is 24.3 Å². The number of aliphatic hydroxyl groups excluding tert-OH is 3. The number of hydrogen-bond acceptors (Lipinski definition) is 13. The zero-order valence-corrected chi connectivity index (χ0v) is 19.3. The van der Waals surface area contributed by atoms with E-state index in [2.05, 4.69) is 0 Å². The van der Waals surface area contributed by atoms with E-state index in [1.807, 2.05) is 0 Å². The largest absolute Gasteiger partial charge is 0.508 e. The van der Waals surface area contributed by atoms with Crippen molar-refractivity contribution in [2.45, 2.75) is 37.1 Å². The number of phenolic OH excluding ortho intramolecular Hbond substituents is 3. The molecule has 1 saturated heterocycles. The van der Waals surface area contributed by atoms with E-state index in [1.54, 1.807) is 0 Å². The number of phenols is 3. The highest BCUT2D eigenvalue weighted by molar-refractivity contribution is 5.90. The van der Waals surface area contributed by atoms with Gasteiger partial charge in [-0.05, 0) is 18.2 Å². The minimum atomic E-state index is -1.86. The van der Waals surface area contributed by atoms with Gasteiger partial charge in [0.15, 0.2) is 16.9 Å². The van der Waals surface area contributed by atoms with Gasteiger partial charge in [-0.3, -0.25) is 14.4 Å². The van der Waals surface area contributed by atoms with Gasteiger partial charge in [-0.2, -0.15) is 0 Å². The van der Waals surface area contributed by atoms with E-state index in [1.165, 1.54) is 12.1 Å². The number of ether oxygens (including phenoxy) is 3. The minimum Gasteiger partial charge on any atom is -0.508 e. The molecule has 14 heteroatoms. The molecule has 1 fully saturated rings. The maximum atomic E-state index is 13.0. The van der Waals surface area contributed by atoms with Gasteiger partial charge >= 0.3 is 11.9 Å². The SMILES string of the molecule is O=C(O)CC(=O)OCC1OC(Oc2cc(O)cc3oc(-c4ccc(O)c(O)c4)cc(=O)c23)C(O)C(O)C1O. The summed E-state index contributed by atoms with van der Waals surface area (Å²) in [7, 11) is 0. The average Bonchev–Trinajstić information content (AvgIpc) is 2.84. The lowest BCUT2D eigenvalue weighted by atomic mass is 9.99. The molecule has 4 rings (SSSR count). The molecule has 5 atom stereocenters. The summed E-state index contributed by atoms with van der Waals surface area (Å²) >= 11 is 0. The van der Waals surface area contributed by atoms with Crippen molar-refractivity contribution in [3.05, 3.63) is 46.6 Å². The van der Waals surface area contributed by atoms with Crippen LogP contribution in [0.1, 0.15) is 6.42 Å². The number of aromatic hydroxyl groups is 3. The van der Waals surface area contributed by atoms with Crippen LogP contribution in [0.25, 0.3) is 22.3 Å². The van der Waals surface area contributed by atoms with Crippen LogP contribution in [-0.4, -0.2) is 85.0 Å². The number of hydrogen-bond donors (Lipinski definition) is 7. The molecule has 7 N–H and O–H groups in total. The molecule has 202 valence electrons. The molecular weight excluding hydrogens is 512 g/mol. The Bertz CT molecular complexity index is 1430. The Labute approximate surface area is 212 Å². The highest BCUT2D eigenvalue weighted by Crippen LogP contribution is 2.35. The van der Waals surface area contributed by atoms with Crippen molar-refractivity contribution in [2.24, 2.45) is 0 Å². The Morgan fingerprint density at radius 1 is 0.921 bits per heavy atom. The second-order valence-corrected chi connectivity index (χ2v) is 8.38. The Morgan fingerprint density at radius 3 is 2.34 bits per heavy atom. The smallest absolute Gasteiger partial charge is 0.317 e. The fourth-order valence-electron chi connectivity index (χ4n) is 3.78. The third kappa shape index (κ3) is 5.47. The molecule has 0 spiro atoms. The molecule has 0 saturated carbocycles. The fraction of sp³-hybridized carbons (Fsp3) is 0.292. The molecule has 1 aliphatic heterocycles. The van der Waals surface area contributed by atoms with Crippen molar-refractivity contribution < 1.29 is 64.0 Å². The highest BCUT2D eigenvalue weighted by Gasteiger charge is 2.45. The van der Waals surface area contributed by atoms with E-state index in [0.29, 0.717) is 0 Å². The number of rotatable bonds is 7. The van der Waals surface area contributed by atoms with Crippen molar-refractivity contribution in [3.63, 3.8) is 0 Å². The molecule has 0 bridgehead atoms. The minimum absolute atomic E-state index is 0.0231. The van der Waals surface area contributed by atoms with Crippen molar-refractivity contribution in [1.82, 2.24) is 0 Å². The summed E-state index contributed by atoms with van der Waals surface area (Å²) in [5, 5.41) is 68.7. The van der Waals surface area contributed by atoms with E-state index >= 15 is 0 Å². The van der Waals surface area contributed by atoms with E-state index in [4.69, 9.17) is 23.7 Å². The zero-order chi connectivity index (χ0) is 27.7. The van der Waals surface area contributed by atoms with Crippen LogP contribution >= 0.6 is 0 Å². The summed E-state index contributed by atoms with van der Waals surface area (Å²) in [6, 6.07) is 6.89. The third-order valence-electron chi connectivity index (χ3n) is 5.65. The molecule has 1 aliphatic rings. The molecule has 0 radical (unpaired) electrons. The first-order valence-electron chi connectivity index (χ1n) is 11.0. The third-order valence-corrected chi connectivity index (χ3v) is 5.65. The maximum absolute atomic E-state index is 13.0. The van der Waals surface area contributed by atoms with Crippen LogP contribution < -0.4 is 10.2 Å². The van der Waals surface area contributed by atoms with Crippen molar-refractivity contribution >= 4 is 22.9 Å². The van der Waals surface area contributed by atoms with Crippen LogP contribution in [0.5, 0.6) is 23.0 Å².